The van der Waals surface area contributed by atoms with Crippen LogP contribution in [0.25, 0.3) is 11.0 Å². The summed E-state index contributed by atoms with van der Waals surface area (Å²) in [4.78, 5) is 8.56. The van der Waals surface area contributed by atoms with Crippen LogP contribution in [0.2, 0.25) is 0 Å². The summed E-state index contributed by atoms with van der Waals surface area (Å²) in [6.45, 7) is 0.939. The zero-order valence-corrected chi connectivity index (χ0v) is 16.7. The van der Waals surface area contributed by atoms with Crippen LogP contribution in [0, 0.1) is 17.3 Å². The molecule has 2 saturated carbocycles. The number of aliphatic hydroxyl groups is 1. The number of rotatable bonds is 7. The number of aryl methyl sites for hydroxylation is 1. The van der Waals surface area contributed by atoms with E-state index in [0.717, 1.165) is 36.2 Å². The maximum Gasteiger partial charge on any atom is 0.160 e. The van der Waals surface area contributed by atoms with E-state index in [2.05, 4.69) is 49.7 Å². The Bertz CT molecular complexity index is 948. The van der Waals surface area contributed by atoms with E-state index in [1.165, 1.54) is 37.7 Å². The van der Waals surface area contributed by atoms with Gasteiger partial charge in [0.2, 0.25) is 0 Å². The molecule has 1 unspecified atom stereocenters. The summed E-state index contributed by atoms with van der Waals surface area (Å²) in [5.41, 5.74) is 2.52. The molecular formula is C23H29N5O. The number of benzene rings is 1. The van der Waals surface area contributed by atoms with Crippen molar-refractivity contribution in [1.82, 2.24) is 20.2 Å². The second kappa shape index (κ2) is 7.75. The first-order valence-corrected chi connectivity index (χ1v) is 10.8. The van der Waals surface area contributed by atoms with Crippen LogP contribution < -0.4 is 5.32 Å². The Balaban J connectivity index is 1.09. The van der Waals surface area contributed by atoms with Crippen molar-refractivity contribution in [2.45, 2.75) is 51.0 Å². The first kappa shape index (κ1) is 18.6. The standard InChI is InChI=1S/C23H29N5O/c29-20(7-6-16-4-2-1-3-5-16)19-12-23(19)10-8-17(9-11-23)13-24-21-18-14-27-28-22(18)26-15-25-21/h1-5,14-15,17,19-20,29H,6-13H2,(H2,24,25,26,27,28)/t17?,19-,20?,23?/m0/s1. The molecule has 0 radical (unpaired) electrons. The van der Waals surface area contributed by atoms with Crippen LogP contribution in [0.15, 0.2) is 42.9 Å². The molecule has 6 nitrogen and oxygen atoms in total. The minimum atomic E-state index is -0.153. The Morgan fingerprint density at radius 3 is 2.83 bits per heavy atom. The van der Waals surface area contributed by atoms with Gasteiger partial charge in [-0.1, -0.05) is 30.3 Å². The second-order valence-corrected chi connectivity index (χ2v) is 8.94. The average molecular weight is 392 g/mol. The van der Waals surface area contributed by atoms with E-state index < -0.39 is 0 Å². The normalized spacial score (nSPS) is 27.2. The van der Waals surface area contributed by atoms with E-state index in [4.69, 9.17) is 0 Å². The lowest BCUT2D eigenvalue weighted by atomic mass is 9.77. The van der Waals surface area contributed by atoms with Gasteiger partial charge in [0.05, 0.1) is 17.7 Å². The summed E-state index contributed by atoms with van der Waals surface area (Å²) in [6.07, 6.45) is 11.2. The summed E-state index contributed by atoms with van der Waals surface area (Å²) in [7, 11) is 0. The highest BCUT2D eigenvalue weighted by Gasteiger charge is 2.57. The molecule has 152 valence electrons. The van der Waals surface area contributed by atoms with Crippen molar-refractivity contribution >= 4 is 16.9 Å². The highest BCUT2D eigenvalue weighted by Crippen LogP contribution is 2.63. The van der Waals surface area contributed by atoms with Crippen LogP contribution in [-0.4, -0.2) is 37.9 Å². The molecule has 0 saturated heterocycles. The predicted octanol–water partition coefficient (Wildman–Crippen LogP) is 3.96. The fourth-order valence-electron chi connectivity index (χ4n) is 5.26. The zero-order chi connectivity index (χ0) is 19.7. The highest BCUT2D eigenvalue weighted by atomic mass is 16.3. The van der Waals surface area contributed by atoms with E-state index in [1.54, 1.807) is 12.5 Å². The summed E-state index contributed by atoms with van der Waals surface area (Å²) < 4.78 is 0. The van der Waals surface area contributed by atoms with Crippen molar-refractivity contribution in [2.75, 3.05) is 11.9 Å². The summed E-state index contributed by atoms with van der Waals surface area (Å²) >= 11 is 0. The van der Waals surface area contributed by atoms with E-state index in [-0.39, 0.29) is 6.10 Å². The molecule has 2 fully saturated rings. The molecule has 2 aliphatic carbocycles. The molecule has 1 spiro atoms. The van der Waals surface area contributed by atoms with E-state index in [9.17, 15) is 5.11 Å². The molecule has 5 rings (SSSR count). The van der Waals surface area contributed by atoms with Gasteiger partial charge in [-0.3, -0.25) is 5.10 Å². The lowest BCUT2D eigenvalue weighted by molar-refractivity contribution is 0.108. The number of anilines is 1. The topological polar surface area (TPSA) is 86.7 Å². The van der Waals surface area contributed by atoms with Crippen LogP contribution in [0.1, 0.15) is 44.1 Å². The summed E-state index contributed by atoms with van der Waals surface area (Å²) in [5, 5.41) is 22.1. The maximum atomic E-state index is 10.7. The Morgan fingerprint density at radius 1 is 1.17 bits per heavy atom. The maximum absolute atomic E-state index is 10.7. The van der Waals surface area contributed by atoms with Crippen molar-refractivity contribution < 1.29 is 5.11 Å². The molecule has 29 heavy (non-hydrogen) atoms. The third-order valence-electron chi connectivity index (χ3n) is 7.20. The molecule has 3 aromatic rings. The lowest BCUT2D eigenvalue weighted by Crippen LogP contribution is -2.25. The van der Waals surface area contributed by atoms with Crippen LogP contribution >= 0.6 is 0 Å². The number of H-pyrrole nitrogens is 1. The summed E-state index contributed by atoms with van der Waals surface area (Å²) in [6, 6.07) is 10.5. The predicted molar refractivity (Wildman–Crippen MR) is 113 cm³/mol. The SMILES string of the molecule is OC(CCc1ccccc1)[C@@H]1CC12CCC(CNc1ncnc3[nH]ncc13)CC2. The molecule has 0 amide bonds. The average Bonchev–Trinajstić information content (AvgIpc) is 3.24. The van der Waals surface area contributed by atoms with Crippen LogP contribution in [0.3, 0.4) is 0 Å². The van der Waals surface area contributed by atoms with Gasteiger partial charge in [0.15, 0.2) is 5.65 Å². The minimum absolute atomic E-state index is 0.153. The number of hydrogen-bond donors (Lipinski definition) is 3. The molecule has 0 bridgehead atoms. The minimum Gasteiger partial charge on any atom is -0.393 e. The number of fused-ring (bicyclic) bond motifs is 1. The fraction of sp³-hybridized carbons (Fsp3) is 0.522. The molecule has 2 aliphatic rings. The molecule has 1 aromatic carbocycles. The molecular weight excluding hydrogens is 362 g/mol. The molecule has 3 N–H and O–H groups in total. The van der Waals surface area contributed by atoms with Gasteiger partial charge in [0.1, 0.15) is 12.1 Å². The van der Waals surface area contributed by atoms with Gasteiger partial charge >= 0.3 is 0 Å². The van der Waals surface area contributed by atoms with Gasteiger partial charge in [0.25, 0.3) is 0 Å². The first-order chi connectivity index (χ1) is 14.2. The molecule has 2 atom stereocenters. The Hall–Kier alpha value is -2.47. The molecule has 2 aromatic heterocycles. The smallest absolute Gasteiger partial charge is 0.160 e. The molecule has 0 aliphatic heterocycles. The number of hydrogen-bond acceptors (Lipinski definition) is 5. The van der Waals surface area contributed by atoms with Gasteiger partial charge in [-0.15, -0.1) is 0 Å². The zero-order valence-electron chi connectivity index (χ0n) is 16.7. The highest BCUT2D eigenvalue weighted by molar-refractivity contribution is 5.85. The van der Waals surface area contributed by atoms with Crippen LogP contribution in [-0.2, 0) is 6.42 Å². The lowest BCUT2D eigenvalue weighted by Gasteiger charge is -2.30. The fourth-order valence-corrected chi connectivity index (χ4v) is 5.26. The number of nitrogens with zero attached hydrogens (tertiary/aromatic N) is 3. The Labute approximate surface area is 171 Å². The van der Waals surface area contributed by atoms with Gasteiger partial charge in [-0.05, 0) is 67.8 Å². The van der Waals surface area contributed by atoms with Crippen molar-refractivity contribution in [1.29, 1.82) is 0 Å². The quantitative estimate of drug-likeness (QED) is 0.568. The van der Waals surface area contributed by atoms with Crippen LogP contribution in [0.5, 0.6) is 0 Å². The van der Waals surface area contributed by atoms with Crippen molar-refractivity contribution in [2.24, 2.45) is 17.3 Å². The van der Waals surface area contributed by atoms with Gasteiger partial charge in [-0.25, -0.2) is 9.97 Å². The number of aromatic amines is 1. The second-order valence-electron chi connectivity index (χ2n) is 8.94. The van der Waals surface area contributed by atoms with E-state index >= 15 is 0 Å². The number of aromatic nitrogens is 4. The largest absolute Gasteiger partial charge is 0.393 e. The first-order valence-electron chi connectivity index (χ1n) is 10.8. The van der Waals surface area contributed by atoms with Gasteiger partial charge < -0.3 is 10.4 Å². The summed E-state index contributed by atoms with van der Waals surface area (Å²) in [5.74, 6) is 2.04. The van der Waals surface area contributed by atoms with E-state index in [1.807, 2.05) is 6.07 Å². The van der Waals surface area contributed by atoms with E-state index in [0.29, 0.717) is 17.3 Å². The van der Waals surface area contributed by atoms with Crippen molar-refractivity contribution in [3.05, 3.63) is 48.4 Å². The third-order valence-corrected chi connectivity index (χ3v) is 7.20. The third kappa shape index (κ3) is 3.86. The van der Waals surface area contributed by atoms with Gasteiger partial charge in [-0.2, -0.15) is 5.10 Å². The Kier molecular flexibility index (Phi) is 4.96. The van der Waals surface area contributed by atoms with Crippen LogP contribution in [0.4, 0.5) is 5.82 Å². The molecule has 6 heteroatoms. The number of aliphatic hydroxyl groups excluding tert-OH is 1. The monoisotopic (exact) mass is 391 g/mol. The number of nitrogens with one attached hydrogen (secondary N) is 2. The molecule has 2 heterocycles. The van der Waals surface area contributed by atoms with Crippen molar-refractivity contribution in [3.8, 4) is 0 Å². The Morgan fingerprint density at radius 2 is 2.00 bits per heavy atom. The van der Waals surface area contributed by atoms with Gasteiger partial charge in [0, 0.05) is 6.54 Å². The van der Waals surface area contributed by atoms with Crippen molar-refractivity contribution in [3.63, 3.8) is 0 Å².